The van der Waals surface area contributed by atoms with Crippen LogP contribution in [-0.2, 0) is 10.0 Å². The number of fused-ring (bicyclic) bond motifs is 1. The summed E-state index contributed by atoms with van der Waals surface area (Å²) < 4.78 is 36.1. The number of benzene rings is 3. The molecule has 63 heavy (non-hydrogen) atoms. The predicted molar refractivity (Wildman–Crippen MR) is 241 cm³/mol. The minimum atomic E-state index is -4.57. The Labute approximate surface area is 367 Å². The van der Waals surface area contributed by atoms with Gasteiger partial charge in [0.15, 0.2) is 0 Å². The molecule has 1 spiro atoms. The monoisotopic (exact) mass is 873 g/mol. The van der Waals surface area contributed by atoms with E-state index in [1.54, 1.807) is 36.2 Å². The van der Waals surface area contributed by atoms with E-state index in [4.69, 9.17) is 4.74 Å². The van der Waals surface area contributed by atoms with E-state index in [-0.39, 0.29) is 33.9 Å². The quantitative estimate of drug-likeness (QED) is 0.0655. The third kappa shape index (κ3) is 8.38. The molecule has 3 saturated carbocycles. The SMILES string of the molecule is C[C@]1(CNc2ccc(S(=O)(=O)NC(=O)c3ccc(N4CCC5(CC(N6CCC[C@H]6c6ccccc6C6CC6)C5)C4)cc3Oc3cnc4[nH]ccc4c3)cc2[N+](=O)[O-])CC[C@H](O)CC1. The molecule has 5 aliphatic rings. The van der Waals surface area contributed by atoms with Crippen LogP contribution in [0, 0.1) is 20.9 Å². The lowest BCUT2D eigenvalue weighted by atomic mass is 9.64. The molecule has 2 aromatic heterocycles. The van der Waals surface area contributed by atoms with Gasteiger partial charge in [-0.3, -0.25) is 19.8 Å². The van der Waals surface area contributed by atoms with Crippen LogP contribution in [0.4, 0.5) is 17.1 Å². The molecule has 3 aliphatic carbocycles. The number of aromatic amines is 1. The number of ether oxygens (including phenoxy) is 1. The molecule has 330 valence electrons. The Bertz CT molecular complexity index is 2670. The van der Waals surface area contributed by atoms with E-state index in [0.29, 0.717) is 42.9 Å². The molecule has 3 aromatic carbocycles. The van der Waals surface area contributed by atoms with Crippen molar-refractivity contribution in [2.45, 2.75) is 107 Å². The number of carbonyl (C=O) groups is 1. The standard InChI is InChI=1S/C48H55N7O7S/c1-47(17-14-35(56)15-18-47)29-51-41-13-11-37(25-43(41)55(58)59)63(60,61)52-46(57)40-12-10-33(24-44(40)62-36-23-32-16-20-49-45(32)50-28-36)53-22-19-48(30-53)26-34(27-48)54-21-4-7-42(54)39-6-3-2-5-38(39)31-8-9-31/h2-3,5-6,10-13,16,20,23-25,28,31,34-35,42,51,56H,4,7-9,14-15,17-19,21-22,26-27,29-30H2,1H3,(H,49,50)(H,52,57)/t34?,35-,42-,47-,48?/m0/s1. The molecule has 4 heterocycles. The van der Waals surface area contributed by atoms with Gasteiger partial charge in [0.25, 0.3) is 21.6 Å². The third-order valence-electron chi connectivity index (χ3n) is 14.7. The molecule has 2 saturated heterocycles. The highest BCUT2D eigenvalue weighted by Crippen LogP contribution is 2.55. The first kappa shape index (κ1) is 41.5. The van der Waals surface area contributed by atoms with E-state index in [1.807, 2.05) is 12.1 Å². The lowest BCUT2D eigenvalue weighted by Gasteiger charge is -2.51. The zero-order valence-electron chi connectivity index (χ0n) is 35.6. The van der Waals surface area contributed by atoms with Crippen molar-refractivity contribution in [1.82, 2.24) is 19.6 Å². The topological polar surface area (TPSA) is 183 Å². The molecular weight excluding hydrogens is 819 g/mol. The number of carbonyl (C=O) groups excluding carboxylic acids is 1. The van der Waals surface area contributed by atoms with Crippen molar-refractivity contribution in [1.29, 1.82) is 0 Å². The number of anilines is 2. The molecule has 10 rings (SSSR count). The fraction of sp³-hybridized carbons (Fsp3) is 0.458. The number of nitrogens with one attached hydrogen (secondary N) is 3. The number of H-pyrrole nitrogens is 1. The van der Waals surface area contributed by atoms with Crippen LogP contribution >= 0.6 is 0 Å². The highest BCUT2D eigenvalue weighted by atomic mass is 32.2. The lowest BCUT2D eigenvalue weighted by Crippen LogP contribution is -2.51. The number of sulfonamides is 1. The summed E-state index contributed by atoms with van der Waals surface area (Å²) in [5.74, 6) is 0.322. The van der Waals surface area contributed by atoms with Crippen molar-refractivity contribution in [2.75, 3.05) is 36.4 Å². The summed E-state index contributed by atoms with van der Waals surface area (Å²) in [4.78, 5) is 37.8. The summed E-state index contributed by atoms with van der Waals surface area (Å²) in [5.41, 5.74) is 4.39. The smallest absolute Gasteiger partial charge is 0.293 e. The average molecular weight is 874 g/mol. The van der Waals surface area contributed by atoms with Crippen molar-refractivity contribution in [3.63, 3.8) is 0 Å². The van der Waals surface area contributed by atoms with E-state index < -0.39 is 31.4 Å². The van der Waals surface area contributed by atoms with Gasteiger partial charge in [-0.05, 0) is 141 Å². The Morgan fingerprint density at radius 3 is 2.56 bits per heavy atom. The Balaban J connectivity index is 0.860. The maximum atomic E-state index is 14.0. The Morgan fingerprint density at radius 1 is 0.984 bits per heavy atom. The molecule has 15 heteroatoms. The van der Waals surface area contributed by atoms with Gasteiger partial charge in [-0.1, -0.05) is 31.2 Å². The zero-order chi connectivity index (χ0) is 43.5. The van der Waals surface area contributed by atoms with Crippen molar-refractivity contribution in [3.05, 3.63) is 112 Å². The molecule has 5 fully saturated rings. The van der Waals surface area contributed by atoms with E-state index in [2.05, 4.69) is 61.0 Å². The minimum Gasteiger partial charge on any atom is -0.455 e. The van der Waals surface area contributed by atoms with Gasteiger partial charge >= 0.3 is 0 Å². The number of hydrogen-bond acceptors (Lipinski definition) is 11. The fourth-order valence-corrected chi connectivity index (χ4v) is 11.9. The molecule has 0 unspecified atom stereocenters. The summed E-state index contributed by atoms with van der Waals surface area (Å²) in [7, 11) is -4.57. The first-order chi connectivity index (χ1) is 30.3. The highest BCUT2D eigenvalue weighted by Gasteiger charge is 2.52. The lowest BCUT2D eigenvalue weighted by molar-refractivity contribution is -0.384. The van der Waals surface area contributed by atoms with Crippen LogP contribution in [-0.4, -0.2) is 77.5 Å². The second kappa shape index (κ2) is 16.2. The average Bonchev–Trinajstić information content (AvgIpc) is 3.58. The Hall–Kier alpha value is -5.51. The van der Waals surface area contributed by atoms with Gasteiger partial charge < -0.3 is 25.0 Å². The molecular formula is C48H55N7O7S. The number of nitro groups is 1. The highest BCUT2D eigenvalue weighted by molar-refractivity contribution is 7.90. The van der Waals surface area contributed by atoms with Crippen molar-refractivity contribution < 1.29 is 28.0 Å². The van der Waals surface area contributed by atoms with Crippen LogP contribution in [0.2, 0.25) is 0 Å². The molecule has 2 aliphatic heterocycles. The van der Waals surface area contributed by atoms with Gasteiger partial charge in [0.05, 0.1) is 27.7 Å². The summed E-state index contributed by atoms with van der Waals surface area (Å²) in [6.07, 6.45) is 14.2. The van der Waals surface area contributed by atoms with Gasteiger partial charge in [-0.15, -0.1) is 0 Å². The van der Waals surface area contributed by atoms with Gasteiger partial charge in [-0.25, -0.2) is 18.1 Å². The van der Waals surface area contributed by atoms with Crippen LogP contribution in [0.3, 0.4) is 0 Å². The van der Waals surface area contributed by atoms with E-state index >= 15 is 0 Å². The van der Waals surface area contributed by atoms with Gasteiger partial charge in [-0.2, -0.15) is 0 Å². The summed E-state index contributed by atoms with van der Waals surface area (Å²) in [6, 6.07) is 22.6. The van der Waals surface area contributed by atoms with Crippen LogP contribution in [0.15, 0.2) is 90.1 Å². The first-order valence-electron chi connectivity index (χ1n) is 22.5. The predicted octanol–water partition coefficient (Wildman–Crippen LogP) is 8.81. The van der Waals surface area contributed by atoms with Crippen molar-refractivity contribution >= 4 is 44.0 Å². The van der Waals surface area contributed by atoms with Crippen LogP contribution < -0.4 is 19.7 Å². The number of likely N-dealkylation sites (tertiary alicyclic amines) is 1. The summed E-state index contributed by atoms with van der Waals surface area (Å²) in [6.45, 7) is 5.36. The number of nitrogens with zero attached hydrogens (tertiary/aromatic N) is 4. The van der Waals surface area contributed by atoms with Crippen LogP contribution in [0.5, 0.6) is 11.5 Å². The molecule has 0 radical (unpaired) electrons. The van der Waals surface area contributed by atoms with Crippen molar-refractivity contribution in [2.24, 2.45) is 10.8 Å². The van der Waals surface area contributed by atoms with Gasteiger partial charge in [0, 0.05) is 61.1 Å². The zero-order valence-corrected chi connectivity index (χ0v) is 36.4. The van der Waals surface area contributed by atoms with E-state index in [0.717, 1.165) is 74.8 Å². The number of aromatic nitrogens is 2. The second-order valence-corrected chi connectivity index (χ2v) is 20.9. The van der Waals surface area contributed by atoms with Gasteiger partial charge in [0.2, 0.25) is 0 Å². The van der Waals surface area contributed by atoms with Crippen molar-refractivity contribution in [3.8, 4) is 11.5 Å². The third-order valence-corrected chi connectivity index (χ3v) is 16.0. The van der Waals surface area contributed by atoms with Crippen LogP contribution in [0.1, 0.15) is 111 Å². The van der Waals surface area contributed by atoms with E-state index in [1.165, 1.54) is 43.4 Å². The molecule has 14 nitrogen and oxygen atoms in total. The molecule has 1 atom stereocenters. The number of pyridine rings is 1. The maximum Gasteiger partial charge on any atom is 0.293 e. The Kier molecular flexibility index (Phi) is 10.7. The first-order valence-corrected chi connectivity index (χ1v) is 23.9. The molecule has 0 bridgehead atoms. The van der Waals surface area contributed by atoms with Crippen LogP contribution in [0.25, 0.3) is 11.0 Å². The van der Waals surface area contributed by atoms with E-state index in [9.17, 15) is 28.4 Å². The normalized spacial score (nSPS) is 26.2. The molecule has 4 N–H and O–H groups in total. The second-order valence-electron chi connectivity index (χ2n) is 19.2. The summed E-state index contributed by atoms with van der Waals surface area (Å²) >= 11 is 0. The fourth-order valence-electron chi connectivity index (χ4n) is 10.9. The molecule has 1 amide bonds. The maximum absolute atomic E-state index is 14.0. The number of rotatable bonds is 13. The number of nitro benzene ring substituents is 1. The number of aliphatic hydroxyl groups excluding tert-OH is 1. The minimum absolute atomic E-state index is 0.0145. The number of hydrogen-bond donors (Lipinski definition) is 4. The summed E-state index contributed by atoms with van der Waals surface area (Å²) in [5, 5.41) is 26.1. The largest absolute Gasteiger partial charge is 0.455 e. The number of aliphatic hydroxyl groups is 1. The molecule has 5 aromatic rings. The van der Waals surface area contributed by atoms with Gasteiger partial charge in [0.1, 0.15) is 22.8 Å². The Morgan fingerprint density at radius 2 is 1.78 bits per heavy atom. The number of amides is 1.